The van der Waals surface area contributed by atoms with Crippen molar-refractivity contribution in [3.8, 4) is 0 Å². The number of rotatable bonds is 1. The molecule has 0 amide bonds. The molecule has 0 saturated carbocycles. The first kappa shape index (κ1) is 9.74. The van der Waals surface area contributed by atoms with E-state index in [0.717, 1.165) is 24.7 Å². The van der Waals surface area contributed by atoms with Gasteiger partial charge in [0.15, 0.2) is 0 Å². The van der Waals surface area contributed by atoms with Gasteiger partial charge < -0.3 is 14.5 Å². The first-order valence-electron chi connectivity index (χ1n) is 5.00. The third-order valence-electron chi connectivity index (χ3n) is 2.49. The second-order valence-corrected chi connectivity index (χ2v) is 4.51. The van der Waals surface area contributed by atoms with Crippen molar-refractivity contribution < 1.29 is 9.15 Å². The summed E-state index contributed by atoms with van der Waals surface area (Å²) >= 11 is 0. The summed E-state index contributed by atoms with van der Waals surface area (Å²) in [5.74, 6) is 1.86. The molecule has 78 valence electrons. The first-order chi connectivity index (χ1) is 6.57. The summed E-state index contributed by atoms with van der Waals surface area (Å²) in [6.07, 6.45) is 0.0664. The van der Waals surface area contributed by atoms with Crippen LogP contribution in [0.25, 0.3) is 0 Å². The average molecular weight is 195 g/mol. The minimum absolute atomic E-state index is 0.0664. The molecule has 1 N–H and O–H groups in total. The number of aryl methyl sites for hydroxylation is 1. The van der Waals surface area contributed by atoms with Gasteiger partial charge in [0.1, 0.15) is 17.6 Å². The summed E-state index contributed by atoms with van der Waals surface area (Å²) in [7, 11) is 0. The highest BCUT2D eigenvalue weighted by Crippen LogP contribution is 2.24. The Morgan fingerprint density at radius 3 is 2.71 bits per heavy atom. The largest absolute Gasteiger partial charge is 0.464 e. The van der Waals surface area contributed by atoms with Gasteiger partial charge in [-0.15, -0.1) is 0 Å². The Balaban J connectivity index is 2.02. The summed E-state index contributed by atoms with van der Waals surface area (Å²) in [6, 6.07) is 3.96. The third-order valence-corrected chi connectivity index (χ3v) is 2.49. The number of furan rings is 1. The Bertz CT molecular complexity index is 307. The van der Waals surface area contributed by atoms with Gasteiger partial charge in [0.05, 0.1) is 6.61 Å². The molecule has 3 heteroatoms. The first-order valence-corrected chi connectivity index (χ1v) is 5.00. The highest BCUT2D eigenvalue weighted by Gasteiger charge is 2.28. The fourth-order valence-electron chi connectivity index (χ4n) is 1.60. The number of hydrogen-bond acceptors (Lipinski definition) is 3. The zero-order chi connectivity index (χ0) is 10.2. The standard InChI is InChI=1S/C11H17NO2/c1-8-4-5-9(14-8)10-6-12-11(2,3)7-13-10/h4-5,10,12H,6-7H2,1-3H3. The van der Waals surface area contributed by atoms with Gasteiger partial charge >= 0.3 is 0 Å². The maximum Gasteiger partial charge on any atom is 0.134 e. The van der Waals surface area contributed by atoms with Crippen LogP contribution in [0.5, 0.6) is 0 Å². The highest BCUT2D eigenvalue weighted by atomic mass is 16.5. The lowest BCUT2D eigenvalue weighted by molar-refractivity contribution is -0.0331. The Kier molecular flexibility index (Phi) is 2.37. The van der Waals surface area contributed by atoms with Crippen molar-refractivity contribution in [2.24, 2.45) is 0 Å². The van der Waals surface area contributed by atoms with Gasteiger partial charge in [0, 0.05) is 12.1 Å². The molecular formula is C11H17NO2. The summed E-state index contributed by atoms with van der Waals surface area (Å²) in [5.41, 5.74) is 0.0815. The molecule has 1 aliphatic heterocycles. The molecular weight excluding hydrogens is 178 g/mol. The van der Waals surface area contributed by atoms with Crippen molar-refractivity contribution in [1.82, 2.24) is 5.32 Å². The molecule has 14 heavy (non-hydrogen) atoms. The van der Waals surface area contributed by atoms with Crippen LogP contribution in [0.2, 0.25) is 0 Å². The molecule has 1 fully saturated rings. The van der Waals surface area contributed by atoms with E-state index in [1.165, 1.54) is 0 Å². The van der Waals surface area contributed by atoms with Crippen LogP contribution in [0.4, 0.5) is 0 Å². The van der Waals surface area contributed by atoms with Gasteiger partial charge in [-0.25, -0.2) is 0 Å². The van der Waals surface area contributed by atoms with Gasteiger partial charge in [0.25, 0.3) is 0 Å². The van der Waals surface area contributed by atoms with E-state index in [0.29, 0.717) is 0 Å². The van der Waals surface area contributed by atoms with E-state index < -0.39 is 0 Å². The molecule has 1 atom stereocenters. The topological polar surface area (TPSA) is 34.4 Å². The van der Waals surface area contributed by atoms with E-state index in [4.69, 9.17) is 9.15 Å². The van der Waals surface area contributed by atoms with Crippen molar-refractivity contribution in [2.75, 3.05) is 13.2 Å². The molecule has 1 aliphatic rings. The van der Waals surface area contributed by atoms with Crippen LogP contribution in [0.1, 0.15) is 31.5 Å². The molecule has 0 spiro atoms. The fraction of sp³-hybridized carbons (Fsp3) is 0.636. The lowest BCUT2D eigenvalue weighted by Gasteiger charge is -2.35. The van der Waals surface area contributed by atoms with E-state index >= 15 is 0 Å². The van der Waals surface area contributed by atoms with Crippen LogP contribution in [-0.4, -0.2) is 18.7 Å². The van der Waals surface area contributed by atoms with E-state index in [1.54, 1.807) is 0 Å². The molecule has 0 aliphatic carbocycles. The van der Waals surface area contributed by atoms with Gasteiger partial charge in [-0.1, -0.05) is 0 Å². The van der Waals surface area contributed by atoms with Crippen LogP contribution in [0, 0.1) is 6.92 Å². The van der Waals surface area contributed by atoms with Gasteiger partial charge in [-0.2, -0.15) is 0 Å². The Morgan fingerprint density at radius 2 is 2.21 bits per heavy atom. The number of nitrogens with one attached hydrogen (secondary N) is 1. The van der Waals surface area contributed by atoms with Crippen LogP contribution in [0.15, 0.2) is 16.5 Å². The molecule has 1 saturated heterocycles. The Morgan fingerprint density at radius 1 is 1.43 bits per heavy atom. The third kappa shape index (κ3) is 1.99. The molecule has 0 radical (unpaired) electrons. The van der Waals surface area contributed by atoms with Crippen molar-refractivity contribution in [3.63, 3.8) is 0 Å². The molecule has 2 rings (SSSR count). The minimum Gasteiger partial charge on any atom is -0.464 e. The smallest absolute Gasteiger partial charge is 0.134 e. The Labute approximate surface area is 84.4 Å². The van der Waals surface area contributed by atoms with Gasteiger partial charge in [0.2, 0.25) is 0 Å². The molecule has 0 aromatic carbocycles. The number of ether oxygens (including phenoxy) is 1. The average Bonchev–Trinajstić information content (AvgIpc) is 2.52. The second kappa shape index (κ2) is 3.41. The van der Waals surface area contributed by atoms with Gasteiger partial charge in [-0.05, 0) is 32.9 Å². The molecule has 0 bridgehead atoms. The monoisotopic (exact) mass is 195 g/mol. The summed E-state index contributed by atoms with van der Waals surface area (Å²) in [6.45, 7) is 7.76. The highest BCUT2D eigenvalue weighted by molar-refractivity contribution is 5.09. The maximum atomic E-state index is 5.74. The predicted octanol–water partition coefficient (Wildman–Crippen LogP) is 2.03. The quantitative estimate of drug-likeness (QED) is 0.744. The second-order valence-electron chi connectivity index (χ2n) is 4.51. The zero-order valence-corrected chi connectivity index (χ0v) is 8.96. The van der Waals surface area contributed by atoms with E-state index in [-0.39, 0.29) is 11.6 Å². The van der Waals surface area contributed by atoms with Crippen molar-refractivity contribution in [3.05, 3.63) is 23.7 Å². The zero-order valence-electron chi connectivity index (χ0n) is 8.96. The minimum atomic E-state index is 0.0664. The predicted molar refractivity (Wildman–Crippen MR) is 54.2 cm³/mol. The molecule has 2 heterocycles. The molecule has 1 unspecified atom stereocenters. The van der Waals surface area contributed by atoms with Gasteiger partial charge in [-0.3, -0.25) is 0 Å². The lowest BCUT2D eigenvalue weighted by atomic mass is 10.0. The SMILES string of the molecule is Cc1ccc(C2CNC(C)(C)CO2)o1. The van der Waals surface area contributed by atoms with Crippen molar-refractivity contribution in [2.45, 2.75) is 32.4 Å². The molecule has 3 nitrogen and oxygen atoms in total. The normalized spacial score (nSPS) is 26.4. The summed E-state index contributed by atoms with van der Waals surface area (Å²) in [5, 5.41) is 3.43. The Hall–Kier alpha value is -0.800. The fourth-order valence-corrected chi connectivity index (χ4v) is 1.60. The van der Waals surface area contributed by atoms with Crippen LogP contribution >= 0.6 is 0 Å². The van der Waals surface area contributed by atoms with Crippen molar-refractivity contribution in [1.29, 1.82) is 0 Å². The van der Waals surface area contributed by atoms with Crippen LogP contribution in [-0.2, 0) is 4.74 Å². The summed E-state index contributed by atoms with van der Waals surface area (Å²) < 4.78 is 11.3. The lowest BCUT2D eigenvalue weighted by Crippen LogP contribution is -2.50. The van der Waals surface area contributed by atoms with E-state index in [9.17, 15) is 0 Å². The van der Waals surface area contributed by atoms with Crippen molar-refractivity contribution >= 4 is 0 Å². The molecule has 1 aromatic rings. The van der Waals surface area contributed by atoms with Crippen LogP contribution < -0.4 is 5.32 Å². The summed E-state index contributed by atoms with van der Waals surface area (Å²) in [4.78, 5) is 0. The van der Waals surface area contributed by atoms with E-state index in [2.05, 4.69) is 19.2 Å². The molecule has 1 aromatic heterocycles. The maximum absolute atomic E-state index is 5.74. The number of morpholine rings is 1. The van der Waals surface area contributed by atoms with E-state index in [1.807, 2.05) is 19.1 Å². The van der Waals surface area contributed by atoms with Crippen LogP contribution in [0.3, 0.4) is 0 Å². The number of hydrogen-bond donors (Lipinski definition) is 1.